The maximum Gasteiger partial charge on any atom is 0.311 e. The Kier molecular flexibility index (Phi) is 5.21. The predicted molar refractivity (Wildman–Crippen MR) is 84.8 cm³/mol. The molecule has 4 nitrogen and oxygen atoms in total. The van der Waals surface area contributed by atoms with Crippen LogP contribution < -0.4 is 9.47 Å². The molecule has 0 amide bonds. The van der Waals surface area contributed by atoms with Gasteiger partial charge < -0.3 is 14.6 Å². The van der Waals surface area contributed by atoms with Crippen molar-refractivity contribution in [2.45, 2.75) is 19.3 Å². The summed E-state index contributed by atoms with van der Waals surface area (Å²) >= 11 is 0. The molecule has 0 aromatic heterocycles. The number of aryl methyl sites for hydroxylation is 1. The molecule has 23 heavy (non-hydrogen) atoms. The van der Waals surface area contributed by atoms with Crippen molar-refractivity contribution in [3.63, 3.8) is 0 Å². The zero-order valence-electron chi connectivity index (χ0n) is 13.3. The average Bonchev–Trinajstić information content (AvgIpc) is 2.52. The SMILES string of the molecule is COc1ccc(C)cc1CC(C(=O)O)c1cc(F)ccc1OC. The quantitative estimate of drug-likeness (QED) is 0.885. The van der Waals surface area contributed by atoms with E-state index in [1.165, 1.54) is 32.4 Å². The molecule has 1 N–H and O–H groups in total. The summed E-state index contributed by atoms with van der Waals surface area (Å²) < 4.78 is 24.1. The Balaban J connectivity index is 2.47. The number of aliphatic carboxylic acids is 1. The molecule has 1 unspecified atom stereocenters. The van der Waals surface area contributed by atoms with Crippen LogP contribution in [0.25, 0.3) is 0 Å². The Morgan fingerprint density at radius 3 is 2.39 bits per heavy atom. The summed E-state index contributed by atoms with van der Waals surface area (Å²) in [5, 5.41) is 9.61. The van der Waals surface area contributed by atoms with Crippen LogP contribution in [-0.4, -0.2) is 25.3 Å². The van der Waals surface area contributed by atoms with Crippen LogP contribution in [0.15, 0.2) is 36.4 Å². The lowest BCUT2D eigenvalue weighted by molar-refractivity contribution is -0.138. The molecule has 2 rings (SSSR count). The topological polar surface area (TPSA) is 55.8 Å². The zero-order valence-corrected chi connectivity index (χ0v) is 13.3. The lowest BCUT2D eigenvalue weighted by atomic mass is 9.90. The third kappa shape index (κ3) is 3.80. The standard InChI is InChI=1S/C18H19FO4/c1-11-4-6-16(22-2)12(8-11)9-15(18(20)21)14-10-13(19)5-7-17(14)23-3/h4-8,10,15H,9H2,1-3H3,(H,20,21). The van der Waals surface area contributed by atoms with Gasteiger partial charge in [0.25, 0.3) is 0 Å². The predicted octanol–water partition coefficient (Wildman–Crippen LogP) is 3.56. The monoisotopic (exact) mass is 318 g/mol. The molecule has 2 aromatic rings. The number of ether oxygens (including phenoxy) is 2. The van der Waals surface area contributed by atoms with E-state index >= 15 is 0 Å². The summed E-state index contributed by atoms with van der Waals surface area (Å²) in [6.07, 6.45) is 0.181. The van der Waals surface area contributed by atoms with Crippen molar-refractivity contribution < 1.29 is 23.8 Å². The number of carboxylic acid groups (broad SMARTS) is 1. The molecule has 0 bridgehead atoms. The molecule has 5 heteroatoms. The fraction of sp³-hybridized carbons (Fsp3) is 0.278. The smallest absolute Gasteiger partial charge is 0.311 e. The number of hydrogen-bond acceptors (Lipinski definition) is 3. The molecule has 0 radical (unpaired) electrons. The van der Waals surface area contributed by atoms with Crippen LogP contribution >= 0.6 is 0 Å². The summed E-state index contributed by atoms with van der Waals surface area (Å²) in [7, 11) is 2.97. The minimum absolute atomic E-state index is 0.181. The van der Waals surface area contributed by atoms with Crippen molar-refractivity contribution >= 4 is 5.97 Å². The maximum absolute atomic E-state index is 13.6. The molecule has 0 aliphatic rings. The van der Waals surface area contributed by atoms with Crippen molar-refractivity contribution in [1.29, 1.82) is 0 Å². The molecule has 122 valence electrons. The van der Waals surface area contributed by atoms with E-state index in [4.69, 9.17) is 9.47 Å². The van der Waals surface area contributed by atoms with Crippen molar-refractivity contribution in [3.8, 4) is 11.5 Å². The first kappa shape index (κ1) is 16.8. The van der Waals surface area contributed by atoms with E-state index in [0.29, 0.717) is 17.1 Å². The highest BCUT2D eigenvalue weighted by Crippen LogP contribution is 2.33. The van der Waals surface area contributed by atoms with Gasteiger partial charge in [0.05, 0.1) is 20.1 Å². The Bertz CT molecular complexity index is 712. The van der Waals surface area contributed by atoms with Gasteiger partial charge >= 0.3 is 5.97 Å². The average molecular weight is 318 g/mol. The molecular formula is C18H19FO4. The minimum atomic E-state index is -1.04. The van der Waals surface area contributed by atoms with Gasteiger partial charge in [-0.1, -0.05) is 17.7 Å². The van der Waals surface area contributed by atoms with Crippen LogP contribution in [0, 0.1) is 12.7 Å². The zero-order chi connectivity index (χ0) is 17.0. The van der Waals surface area contributed by atoms with Gasteiger partial charge in [0.2, 0.25) is 0 Å². The second-order valence-electron chi connectivity index (χ2n) is 5.30. The Hall–Kier alpha value is -2.56. The van der Waals surface area contributed by atoms with Gasteiger partial charge in [-0.25, -0.2) is 4.39 Å². The Labute approximate surface area is 134 Å². The van der Waals surface area contributed by atoms with Crippen LogP contribution in [0.3, 0.4) is 0 Å². The van der Waals surface area contributed by atoms with Crippen molar-refractivity contribution in [3.05, 3.63) is 58.9 Å². The number of hydrogen-bond donors (Lipinski definition) is 1. The Morgan fingerprint density at radius 1 is 1.13 bits per heavy atom. The van der Waals surface area contributed by atoms with E-state index in [2.05, 4.69) is 0 Å². The van der Waals surface area contributed by atoms with Gasteiger partial charge in [0.1, 0.15) is 17.3 Å². The molecule has 0 aliphatic carbocycles. The summed E-state index contributed by atoms with van der Waals surface area (Å²) in [6.45, 7) is 1.92. The van der Waals surface area contributed by atoms with E-state index < -0.39 is 17.7 Å². The van der Waals surface area contributed by atoms with E-state index in [9.17, 15) is 14.3 Å². The van der Waals surface area contributed by atoms with Gasteiger partial charge in [-0.2, -0.15) is 0 Å². The highest BCUT2D eigenvalue weighted by atomic mass is 19.1. The molecule has 2 aromatic carbocycles. The van der Waals surface area contributed by atoms with Gasteiger partial charge in [-0.05, 0) is 43.2 Å². The summed E-state index contributed by atoms with van der Waals surface area (Å²) in [5.74, 6) is -1.51. The second-order valence-corrected chi connectivity index (χ2v) is 5.30. The first-order valence-corrected chi connectivity index (χ1v) is 7.16. The van der Waals surface area contributed by atoms with Gasteiger partial charge in [0, 0.05) is 5.56 Å². The van der Waals surface area contributed by atoms with E-state index in [1.807, 2.05) is 19.1 Å². The normalized spacial score (nSPS) is 11.8. The highest BCUT2D eigenvalue weighted by molar-refractivity contribution is 5.78. The van der Waals surface area contributed by atoms with Crippen molar-refractivity contribution in [2.75, 3.05) is 14.2 Å². The van der Waals surface area contributed by atoms with Crippen LogP contribution in [0.1, 0.15) is 22.6 Å². The fourth-order valence-corrected chi connectivity index (χ4v) is 2.59. The molecular weight excluding hydrogens is 299 g/mol. The first-order valence-electron chi connectivity index (χ1n) is 7.16. The molecule has 0 fully saturated rings. The number of methoxy groups -OCH3 is 2. The fourth-order valence-electron chi connectivity index (χ4n) is 2.59. The molecule has 0 saturated carbocycles. The van der Waals surface area contributed by atoms with Crippen molar-refractivity contribution in [2.24, 2.45) is 0 Å². The highest BCUT2D eigenvalue weighted by Gasteiger charge is 2.25. The van der Waals surface area contributed by atoms with Crippen LogP contribution in [-0.2, 0) is 11.2 Å². The number of carboxylic acids is 1. The van der Waals surface area contributed by atoms with Gasteiger partial charge in [-0.3, -0.25) is 4.79 Å². The molecule has 0 heterocycles. The molecule has 0 spiro atoms. The lowest BCUT2D eigenvalue weighted by Crippen LogP contribution is -2.16. The number of halogens is 1. The van der Waals surface area contributed by atoms with Gasteiger partial charge in [0.15, 0.2) is 0 Å². The maximum atomic E-state index is 13.6. The number of benzene rings is 2. The van der Waals surface area contributed by atoms with Crippen LogP contribution in [0.5, 0.6) is 11.5 Å². The van der Waals surface area contributed by atoms with E-state index in [-0.39, 0.29) is 6.42 Å². The first-order chi connectivity index (χ1) is 11.0. The Morgan fingerprint density at radius 2 is 1.78 bits per heavy atom. The molecule has 1 atom stereocenters. The summed E-state index contributed by atoms with van der Waals surface area (Å²) in [6, 6.07) is 9.45. The summed E-state index contributed by atoms with van der Waals surface area (Å²) in [5.41, 5.74) is 2.06. The second kappa shape index (κ2) is 7.13. The molecule has 0 saturated heterocycles. The summed E-state index contributed by atoms with van der Waals surface area (Å²) in [4.78, 5) is 11.7. The molecule has 0 aliphatic heterocycles. The van der Waals surface area contributed by atoms with Gasteiger partial charge in [-0.15, -0.1) is 0 Å². The minimum Gasteiger partial charge on any atom is -0.496 e. The largest absolute Gasteiger partial charge is 0.496 e. The number of rotatable bonds is 6. The third-order valence-electron chi connectivity index (χ3n) is 3.73. The number of carbonyl (C=O) groups is 1. The van der Waals surface area contributed by atoms with E-state index in [0.717, 1.165) is 11.1 Å². The van der Waals surface area contributed by atoms with E-state index in [1.54, 1.807) is 6.07 Å². The lowest BCUT2D eigenvalue weighted by Gasteiger charge is -2.18. The van der Waals surface area contributed by atoms with Crippen LogP contribution in [0.2, 0.25) is 0 Å². The van der Waals surface area contributed by atoms with Crippen LogP contribution in [0.4, 0.5) is 4.39 Å². The third-order valence-corrected chi connectivity index (χ3v) is 3.73. The van der Waals surface area contributed by atoms with Crippen molar-refractivity contribution in [1.82, 2.24) is 0 Å².